The lowest BCUT2D eigenvalue weighted by Crippen LogP contribution is -2.54. The molecule has 10 nitrogen and oxygen atoms in total. The Bertz CT molecular complexity index is 1400. The molecular formula is C32H35N5O5. The number of hydrogen-bond donors (Lipinski definition) is 3. The number of benzene rings is 2. The first-order valence-corrected chi connectivity index (χ1v) is 13.9. The van der Waals surface area contributed by atoms with Crippen LogP contribution in [0.4, 0.5) is 0 Å². The molecule has 4 amide bonds. The zero-order chi connectivity index (χ0) is 30.1. The van der Waals surface area contributed by atoms with E-state index < -0.39 is 41.5 Å². The number of likely N-dealkylation sites (tertiary alicyclic amines) is 1. The van der Waals surface area contributed by atoms with E-state index in [9.17, 15) is 24.0 Å². The van der Waals surface area contributed by atoms with E-state index in [1.165, 1.54) is 6.92 Å². The molecular weight excluding hydrogens is 534 g/mol. The number of nitrogens with one attached hydrogen (secondary N) is 3. The molecule has 0 unspecified atom stereocenters. The third kappa shape index (κ3) is 7.87. The highest BCUT2D eigenvalue weighted by Crippen LogP contribution is 2.28. The van der Waals surface area contributed by atoms with Crippen LogP contribution in [-0.4, -0.2) is 57.9 Å². The van der Waals surface area contributed by atoms with Crippen LogP contribution in [-0.2, 0) is 36.9 Å². The highest BCUT2D eigenvalue weighted by molar-refractivity contribution is 6.38. The molecule has 3 N–H and O–H groups in total. The van der Waals surface area contributed by atoms with Gasteiger partial charge in [-0.3, -0.25) is 29.0 Å². The molecule has 0 aliphatic carbocycles. The van der Waals surface area contributed by atoms with Gasteiger partial charge in [0, 0.05) is 25.6 Å². The summed E-state index contributed by atoms with van der Waals surface area (Å²) in [5.41, 5.74) is 2.31. The molecule has 1 aliphatic heterocycles. The van der Waals surface area contributed by atoms with Crippen molar-refractivity contribution < 1.29 is 24.0 Å². The van der Waals surface area contributed by atoms with E-state index >= 15 is 0 Å². The molecule has 10 heteroatoms. The predicted octanol–water partition coefficient (Wildman–Crippen LogP) is 2.11. The quantitative estimate of drug-likeness (QED) is 0.286. The molecule has 0 spiro atoms. The molecule has 1 fully saturated rings. The van der Waals surface area contributed by atoms with Gasteiger partial charge in [-0.25, -0.2) is 0 Å². The SMILES string of the molecule is C[C@H](c1ccccc1)N1C[C@H](C(=O)N[C@H](C)C(=O)N[C@H](Cc2ccccc2)C(=O)C(=O)NCc2ccccn2)CC1=O. The molecule has 0 radical (unpaired) electrons. The summed E-state index contributed by atoms with van der Waals surface area (Å²) in [6.07, 6.45) is 1.72. The van der Waals surface area contributed by atoms with Gasteiger partial charge in [-0.05, 0) is 37.1 Å². The van der Waals surface area contributed by atoms with Crippen molar-refractivity contribution in [3.05, 3.63) is 102 Å². The van der Waals surface area contributed by atoms with Crippen LogP contribution < -0.4 is 16.0 Å². The number of nitrogens with zero attached hydrogens (tertiary/aromatic N) is 2. The summed E-state index contributed by atoms with van der Waals surface area (Å²) in [5.74, 6) is -3.45. The van der Waals surface area contributed by atoms with Crippen LogP contribution in [0.25, 0.3) is 0 Å². The fraction of sp³-hybridized carbons (Fsp3) is 0.312. The van der Waals surface area contributed by atoms with Gasteiger partial charge in [0.05, 0.1) is 24.2 Å². The van der Waals surface area contributed by atoms with Crippen LogP contribution in [0.5, 0.6) is 0 Å². The fourth-order valence-corrected chi connectivity index (χ4v) is 4.86. The molecule has 42 heavy (non-hydrogen) atoms. The second-order valence-corrected chi connectivity index (χ2v) is 10.4. The van der Waals surface area contributed by atoms with Gasteiger partial charge in [0.25, 0.3) is 5.91 Å². The van der Waals surface area contributed by atoms with Gasteiger partial charge in [-0.2, -0.15) is 0 Å². The number of carbonyl (C=O) groups excluding carboxylic acids is 5. The second-order valence-electron chi connectivity index (χ2n) is 10.4. The minimum Gasteiger partial charge on any atom is -0.344 e. The molecule has 3 aromatic rings. The molecule has 218 valence electrons. The minimum atomic E-state index is -1.15. The van der Waals surface area contributed by atoms with Gasteiger partial charge in [0.2, 0.25) is 23.5 Å². The molecule has 4 atom stereocenters. The Morgan fingerprint density at radius 3 is 2.24 bits per heavy atom. The van der Waals surface area contributed by atoms with Gasteiger partial charge >= 0.3 is 0 Å². The lowest BCUT2D eigenvalue weighted by molar-refractivity contribution is -0.140. The van der Waals surface area contributed by atoms with Crippen LogP contribution in [0.15, 0.2) is 85.1 Å². The van der Waals surface area contributed by atoms with Crippen molar-refractivity contribution in [3.8, 4) is 0 Å². The lowest BCUT2D eigenvalue weighted by atomic mass is 10.0. The number of Topliss-reactive ketones (excluding diaryl/α,β-unsaturated/α-hetero) is 1. The molecule has 2 heterocycles. The molecule has 1 saturated heterocycles. The van der Waals surface area contributed by atoms with Crippen molar-refractivity contribution in [1.29, 1.82) is 0 Å². The first kappa shape index (κ1) is 30.1. The number of pyridine rings is 1. The summed E-state index contributed by atoms with van der Waals surface area (Å²) >= 11 is 0. The van der Waals surface area contributed by atoms with E-state index in [4.69, 9.17) is 0 Å². The monoisotopic (exact) mass is 569 g/mol. The summed E-state index contributed by atoms with van der Waals surface area (Å²) in [6, 6.07) is 21.5. The number of hydrogen-bond acceptors (Lipinski definition) is 6. The summed E-state index contributed by atoms with van der Waals surface area (Å²) in [5, 5.41) is 7.87. The summed E-state index contributed by atoms with van der Waals surface area (Å²) < 4.78 is 0. The van der Waals surface area contributed by atoms with Crippen LogP contribution in [0.1, 0.15) is 43.1 Å². The summed E-state index contributed by atoms with van der Waals surface area (Å²) in [4.78, 5) is 70.5. The van der Waals surface area contributed by atoms with E-state index in [2.05, 4.69) is 20.9 Å². The highest BCUT2D eigenvalue weighted by Gasteiger charge is 2.38. The van der Waals surface area contributed by atoms with Crippen molar-refractivity contribution in [3.63, 3.8) is 0 Å². The van der Waals surface area contributed by atoms with Crippen LogP contribution in [0.2, 0.25) is 0 Å². The van der Waals surface area contributed by atoms with Gasteiger partial charge in [-0.1, -0.05) is 66.7 Å². The fourth-order valence-electron chi connectivity index (χ4n) is 4.86. The number of aromatic nitrogens is 1. The Kier molecular flexibility index (Phi) is 10.1. The van der Waals surface area contributed by atoms with E-state index in [0.29, 0.717) is 5.69 Å². The van der Waals surface area contributed by atoms with E-state index in [1.54, 1.807) is 53.6 Å². The smallest absolute Gasteiger partial charge is 0.289 e. The van der Waals surface area contributed by atoms with Crippen LogP contribution in [0.3, 0.4) is 0 Å². The zero-order valence-electron chi connectivity index (χ0n) is 23.7. The molecule has 0 bridgehead atoms. The topological polar surface area (TPSA) is 138 Å². The van der Waals surface area contributed by atoms with E-state index in [1.807, 2.05) is 43.3 Å². The molecule has 1 aliphatic rings. The van der Waals surface area contributed by atoms with E-state index in [0.717, 1.165) is 11.1 Å². The number of rotatable bonds is 12. The Morgan fingerprint density at radius 2 is 1.57 bits per heavy atom. The zero-order valence-corrected chi connectivity index (χ0v) is 23.7. The summed E-state index contributed by atoms with van der Waals surface area (Å²) in [6.45, 7) is 3.71. The van der Waals surface area contributed by atoms with Crippen molar-refractivity contribution in [2.75, 3.05) is 6.54 Å². The van der Waals surface area contributed by atoms with Gasteiger partial charge in [-0.15, -0.1) is 0 Å². The Labute approximate surface area is 244 Å². The Hall–Kier alpha value is -4.86. The molecule has 0 saturated carbocycles. The Balaban J connectivity index is 1.36. The van der Waals surface area contributed by atoms with Crippen LogP contribution >= 0.6 is 0 Å². The lowest BCUT2D eigenvalue weighted by Gasteiger charge is -2.25. The maximum Gasteiger partial charge on any atom is 0.289 e. The first-order chi connectivity index (χ1) is 20.2. The molecule has 4 rings (SSSR count). The van der Waals surface area contributed by atoms with Crippen molar-refractivity contribution in [2.45, 2.75) is 51.4 Å². The second kappa shape index (κ2) is 14.2. The first-order valence-electron chi connectivity index (χ1n) is 13.9. The molecule has 1 aromatic heterocycles. The van der Waals surface area contributed by atoms with Gasteiger partial charge in [0.15, 0.2) is 0 Å². The average molecular weight is 570 g/mol. The van der Waals surface area contributed by atoms with Crippen molar-refractivity contribution >= 4 is 29.4 Å². The number of carbonyl (C=O) groups is 5. The van der Waals surface area contributed by atoms with Crippen LogP contribution in [0, 0.1) is 5.92 Å². The molecule has 2 aromatic carbocycles. The average Bonchev–Trinajstić information content (AvgIpc) is 3.41. The van der Waals surface area contributed by atoms with Crippen molar-refractivity contribution in [2.24, 2.45) is 5.92 Å². The Morgan fingerprint density at radius 1 is 0.905 bits per heavy atom. The number of ketones is 1. The van der Waals surface area contributed by atoms with E-state index in [-0.39, 0.29) is 37.9 Å². The normalized spacial score (nSPS) is 16.7. The van der Waals surface area contributed by atoms with Gasteiger partial charge in [0.1, 0.15) is 12.1 Å². The van der Waals surface area contributed by atoms with Crippen molar-refractivity contribution in [1.82, 2.24) is 25.8 Å². The highest BCUT2D eigenvalue weighted by atomic mass is 16.2. The number of amides is 4. The maximum atomic E-state index is 13.1. The minimum absolute atomic E-state index is 0.0446. The standard InChI is InChI=1S/C32H35N5O5/c1-21(35-31(41)25-18-28(38)37(20-25)22(2)24-13-7-4-8-14-24)30(40)36-27(17-23-11-5-3-6-12-23)29(39)32(42)34-19-26-15-9-10-16-33-26/h3-16,21-22,25,27H,17-20H2,1-2H3,(H,34,42)(H,35,41)(H,36,40)/t21-,22-,25-,27-/m1/s1. The largest absolute Gasteiger partial charge is 0.344 e. The van der Waals surface area contributed by atoms with Gasteiger partial charge < -0.3 is 20.9 Å². The summed E-state index contributed by atoms with van der Waals surface area (Å²) in [7, 11) is 0. The maximum absolute atomic E-state index is 13.1. The predicted molar refractivity (Wildman–Crippen MR) is 155 cm³/mol. The third-order valence-electron chi connectivity index (χ3n) is 7.33. The third-order valence-corrected chi connectivity index (χ3v) is 7.33.